The van der Waals surface area contributed by atoms with Crippen molar-refractivity contribution in [3.63, 3.8) is 0 Å². The molecule has 1 atom stereocenters. The molecule has 1 aliphatic rings. The van der Waals surface area contributed by atoms with Gasteiger partial charge in [-0.25, -0.2) is 18.6 Å². The van der Waals surface area contributed by atoms with Gasteiger partial charge in [-0.15, -0.1) is 0 Å². The third-order valence-electron chi connectivity index (χ3n) is 5.50. The third kappa shape index (κ3) is 3.51. The highest BCUT2D eigenvalue weighted by Crippen LogP contribution is 2.28. The van der Waals surface area contributed by atoms with Gasteiger partial charge in [-0.05, 0) is 56.1 Å². The standard InChI is InChI=1S/C21H22FN7/c1-15-10-20(29-21(26-15)23-14-25-29)17-4-2-8-27(13-17)12-16-5-6-19(18(22)11-16)28-9-3-7-24-28/h3,5-7,9-11,14,17H,2,4,8,12-13H2,1H3. The summed E-state index contributed by atoms with van der Waals surface area (Å²) < 4.78 is 18.0. The molecule has 0 bridgehead atoms. The maximum absolute atomic E-state index is 14.6. The molecule has 0 radical (unpaired) electrons. The summed E-state index contributed by atoms with van der Waals surface area (Å²) in [6.07, 6.45) is 7.14. The molecule has 4 heterocycles. The van der Waals surface area contributed by atoms with Gasteiger partial charge in [0.15, 0.2) is 0 Å². The Morgan fingerprint density at radius 3 is 2.97 bits per heavy atom. The van der Waals surface area contributed by atoms with Crippen molar-refractivity contribution in [2.75, 3.05) is 13.1 Å². The Morgan fingerprint density at radius 2 is 2.14 bits per heavy atom. The summed E-state index contributed by atoms with van der Waals surface area (Å²) in [4.78, 5) is 11.1. The van der Waals surface area contributed by atoms with Gasteiger partial charge in [-0.1, -0.05) is 6.07 Å². The molecule has 8 heteroatoms. The van der Waals surface area contributed by atoms with Crippen LogP contribution in [0.2, 0.25) is 0 Å². The van der Waals surface area contributed by atoms with Crippen molar-refractivity contribution >= 4 is 5.78 Å². The van der Waals surface area contributed by atoms with Crippen LogP contribution in [0.25, 0.3) is 11.5 Å². The van der Waals surface area contributed by atoms with Crippen molar-refractivity contribution in [3.8, 4) is 5.69 Å². The number of halogens is 1. The van der Waals surface area contributed by atoms with E-state index in [1.807, 2.05) is 17.5 Å². The molecule has 1 aromatic carbocycles. The summed E-state index contributed by atoms with van der Waals surface area (Å²) in [7, 11) is 0. The quantitative estimate of drug-likeness (QED) is 0.535. The van der Waals surface area contributed by atoms with Crippen LogP contribution in [0.1, 0.15) is 35.7 Å². The van der Waals surface area contributed by atoms with E-state index in [2.05, 4.69) is 31.1 Å². The molecule has 5 rings (SSSR count). The van der Waals surface area contributed by atoms with Crippen LogP contribution in [0.15, 0.2) is 49.1 Å². The summed E-state index contributed by atoms with van der Waals surface area (Å²) in [6.45, 7) is 4.62. The lowest BCUT2D eigenvalue weighted by Crippen LogP contribution is -2.34. The van der Waals surface area contributed by atoms with Gasteiger partial charge in [0.2, 0.25) is 0 Å². The van der Waals surface area contributed by atoms with Gasteiger partial charge < -0.3 is 0 Å². The van der Waals surface area contributed by atoms with Crippen molar-refractivity contribution in [1.29, 1.82) is 0 Å². The van der Waals surface area contributed by atoms with Crippen LogP contribution < -0.4 is 0 Å². The number of benzene rings is 1. The van der Waals surface area contributed by atoms with E-state index in [0.29, 0.717) is 17.4 Å². The summed E-state index contributed by atoms with van der Waals surface area (Å²) in [5.41, 5.74) is 3.54. The second kappa shape index (κ2) is 7.36. The fourth-order valence-corrected chi connectivity index (χ4v) is 4.19. The Kier molecular flexibility index (Phi) is 4.55. The first-order valence-corrected chi connectivity index (χ1v) is 9.85. The van der Waals surface area contributed by atoms with Crippen molar-refractivity contribution in [2.24, 2.45) is 0 Å². The highest BCUT2D eigenvalue weighted by molar-refractivity contribution is 5.36. The fourth-order valence-electron chi connectivity index (χ4n) is 4.19. The molecule has 0 N–H and O–H groups in total. The van der Waals surface area contributed by atoms with Crippen molar-refractivity contribution in [3.05, 3.63) is 71.8 Å². The monoisotopic (exact) mass is 391 g/mol. The molecular formula is C21H22FN7. The van der Waals surface area contributed by atoms with Crippen molar-refractivity contribution in [1.82, 2.24) is 34.3 Å². The number of rotatable bonds is 4. The Labute approximate surface area is 167 Å². The minimum Gasteiger partial charge on any atom is -0.298 e. The van der Waals surface area contributed by atoms with Gasteiger partial charge in [-0.2, -0.15) is 15.2 Å². The van der Waals surface area contributed by atoms with Gasteiger partial charge >= 0.3 is 0 Å². The van der Waals surface area contributed by atoms with Gasteiger partial charge in [0.05, 0.1) is 5.69 Å². The minimum absolute atomic E-state index is 0.256. The van der Waals surface area contributed by atoms with Crippen molar-refractivity contribution < 1.29 is 4.39 Å². The van der Waals surface area contributed by atoms with Crippen LogP contribution in [0.4, 0.5) is 4.39 Å². The van der Waals surface area contributed by atoms with Crippen LogP contribution in [-0.4, -0.2) is 47.4 Å². The maximum atomic E-state index is 14.6. The van der Waals surface area contributed by atoms with E-state index in [1.54, 1.807) is 41.6 Å². The molecule has 148 valence electrons. The summed E-state index contributed by atoms with van der Waals surface area (Å²) in [5.74, 6) is 0.741. The Hall–Kier alpha value is -3.13. The highest BCUT2D eigenvalue weighted by atomic mass is 19.1. The van der Waals surface area contributed by atoms with Crippen LogP contribution >= 0.6 is 0 Å². The molecule has 0 spiro atoms. The lowest BCUT2D eigenvalue weighted by Gasteiger charge is -2.33. The van der Waals surface area contributed by atoms with Crippen molar-refractivity contribution in [2.45, 2.75) is 32.2 Å². The molecule has 1 saturated heterocycles. The van der Waals surface area contributed by atoms with E-state index in [1.165, 1.54) is 0 Å². The fraction of sp³-hybridized carbons (Fsp3) is 0.333. The summed E-state index contributed by atoms with van der Waals surface area (Å²) in [5, 5.41) is 8.47. The largest absolute Gasteiger partial charge is 0.298 e. The number of fused-ring (bicyclic) bond motifs is 1. The maximum Gasteiger partial charge on any atom is 0.252 e. The molecule has 1 fully saturated rings. The molecule has 4 aromatic rings. The smallest absolute Gasteiger partial charge is 0.252 e. The van der Waals surface area contributed by atoms with Crippen LogP contribution in [-0.2, 0) is 6.54 Å². The topological polar surface area (TPSA) is 64.1 Å². The third-order valence-corrected chi connectivity index (χ3v) is 5.50. The Morgan fingerprint density at radius 1 is 1.21 bits per heavy atom. The number of aryl methyl sites for hydroxylation is 1. The molecule has 0 saturated carbocycles. The second-order valence-corrected chi connectivity index (χ2v) is 7.60. The number of piperidine rings is 1. The molecule has 3 aromatic heterocycles. The normalized spacial score (nSPS) is 17.8. The zero-order valence-electron chi connectivity index (χ0n) is 16.2. The van der Waals surface area contributed by atoms with Gasteiger partial charge in [0.25, 0.3) is 5.78 Å². The molecule has 7 nitrogen and oxygen atoms in total. The van der Waals surface area contributed by atoms with E-state index < -0.39 is 0 Å². The number of hydrogen-bond acceptors (Lipinski definition) is 5. The van der Waals surface area contributed by atoms with E-state index in [9.17, 15) is 4.39 Å². The molecular weight excluding hydrogens is 369 g/mol. The van der Waals surface area contributed by atoms with Gasteiger partial charge in [0.1, 0.15) is 17.8 Å². The van der Waals surface area contributed by atoms with E-state index in [-0.39, 0.29) is 5.82 Å². The number of nitrogens with zero attached hydrogens (tertiary/aromatic N) is 7. The van der Waals surface area contributed by atoms with Crippen LogP contribution in [0.5, 0.6) is 0 Å². The average molecular weight is 391 g/mol. The number of likely N-dealkylation sites (tertiary alicyclic amines) is 1. The molecule has 0 aliphatic carbocycles. The lowest BCUT2D eigenvalue weighted by molar-refractivity contribution is 0.197. The van der Waals surface area contributed by atoms with Gasteiger partial charge in [-0.3, -0.25) is 4.90 Å². The predicted octanol–water partition coefficient (Wildman–Crippen LogP) is 3.14. The van der Waals surface area contributed by atoms with E-state index >= 15 is 0 Å². The van der Waals surface area contributed by atoms with E-state index in [4.69, 9.17) is 0 Å². The number of hydrogen-bond donors (Lipinski definition) is 0. The first-order valence-electron chi connectivity index (χ1n) is 9.85. The first kappa shape index (κ1) is 17.9. The Bertz CT molecular complexity index is 1140. The predicted molar refractivity (Wildman–Crippen MR) is 106 cm³/mol. The van der Waals surface area contributed by atoms with Gasteiger partial charge in [0, 0.05) is 37.1 Å². The minimum atomic E-state index is -0.256. The zero-order valence-corrected chi connectivity index (χ0v) is 16.2. The van der Waals surface area contributed by atoms with Crippen LogP contribution in [0.3, 0.4) is 0 Å². The van der Waals surface area contributed by atoms with E-state index in [0.717, 1.165) is 49.4 Å². The Balaban J connectivity index is 1.35. The lowest BCUT2D eigenvalue weighted by atomic mass is 9.93. The van der Waals surface area contributed by atoms with Crippen LogP contribution in [0, 0.1) is 12.7 Å². The summed E-state index contributed by atoms with van der Waals surface area (Å²) in [6, 6.07) is 9.29. The average Bonchev–Trinajstić information content (AvgIpc) is 3.39. The molecule has 29 heavy (non-hydrogen) atoms. The molecule has 0 amide bonds. The SMILES string of the molecule is Cc1cc(C2CCCN(Cc3ccc(-n4cccn4)c(F)c3)C2)n2ncnc2n1. The second-order valence-electron chi connectivity index (χ2n) is 7.60. The zero-order chi connectivity index (χ0) is 19.8. The first-order chi connectivity index (χ1) is 14.2. The highest BCUT2D eigenvalue weighted by Gasteiger charge is 2.24. The molecule has 1 aliphatic heterocycles. The number of aromatic nitrogens is 6. The summed E-state index contributed by atoms with van der Waals surface area (Å²) >= 11 is 0. The molecule has 1 unspecified atom stereocenters.